The normalized spacial score (nSPS) is 11.7. The monoisotopic (exact) mass is 329 g/mol. The Morgan fingerprint density at radius 3 is 2.95 bits per heavy atom. The molecule has 0 aliphatic heterocycles. The van der Waals surface area contributed by atoms with Crippen LogP contribution in [0.2, 0.25) is 0 Å². The molecule has 3 N–H and O–H groups in total. The van der Waals surface area contributed by atoms with Crippen molar-refractivity contribution in [2.45, 2.75) is 12.5 Å². The van der Waals surface area contributed by atoms with Crippen LogP contribution in [0.1, 0.15) is 18.0 Å². The van der Waals surface area contributed by atoms with Crippen LogP contribution in [-0.2, 0) is 4.79 Å². The second-order valence-corrected chi connectivity index (χ2v) is 4.63. The molecule has 6 nitrogen and oxygen atoms in total. The molecule has 0 aliphatic carbocycles. The number of nitrogens with zero attached hydrogens (tertiary/aromatic N) is 3. The zero-order valence-electron chi connectivity index (χ0n) is 10.0. The standard InChI is InChI=1S/C11H13BrFN5O/c12-8-3-2-7(6-9(8)13)10(11(14)19)16-4-1-5-17-18-15/h2-3,6,10,16H,1,4-5H2,(H2,14,19). The zero-order chi connectivity index (χ0) is 14.3. The molecule has 19 heavy (non-hydrogen) atoms. The summed E-state index contributed by atoms with van der Waals surface area (Å²) in [6, 6.07) is 3.61. The van der Waals surface area contributed by atoms with Crippen LogP contribution in [0.15, 0.2) is 27.8 Å². The molecule has 0 saturated heterocycles. The summed E-state index contributed by atoms with van der Waals surface area (Å²) < 4.78 is 13.7. The Kier molecular flexibility index (Phi) is 6.27. The van der Waals surface area contributed by atoms with Crippen LogP contribution < -0.4 is 11.1 Å². The number of halogens is 2. The van der Waals surface area contributed by atoms with Gasteiger partial charge in [0.2, 0.25) is 5.91 Å². The van der Waals surface area contributed by atoms with E-state index in [4.69, 9.17) is 11.3 Å². The molecule has 1 atom stereocenters. The summed E-state index contributed by atoms with van der Waals surface area (Å²) in [6.45, 7) is 0.758. The van der Waals surface area contributed by atoms with E-state index < -0.39 is 17.8 Å². The SMILES string of the molecule is [N-]=[N+]=NCCCNC(C(N)=O)c1ccc(Br)c(F)c1. The van der Waals surface area contributed by atoms with E-state index in [1.54, 1.807) is 6.07 Å². The maximum atomic E-state index is 13.4. The lowest BCUT2D eigenvalue weighted by atomic mass is 10.1. The van der Waals surface area contributed by atoms with E-state index in [1.807, 2.05) is 0 Å². The minimum atomic E-state index is -0.770. The molecule has 1 amide bonds. The second-order valence-electron chi connectivity index (χ2n) is 3.77. The first-order valence-electron chi connectivity index (χ1n) is 5.54. The van der Waals surface area contributed by atoms with Gasteiger partial charge in [0.1, 0.15) is 11.9 Å². The van der Waals surface area contributed by atoms with Crippen molar-refractivity contribution in [1.29, 1.82) is 0 Å². The molecule has 0 bridgehead atoms. The number of amides is 1. The van der Waals surface area contributed by atoms with Gasteiger partial charge in [0, 0.05) is 11.5 Å². The Morgan fingerprint density at radius 2 is 2.37 bits per heavy atom. The van der Waals surface area contributed by atoms with Gasteiger partial charge in [-0.15, -0.1) is 0 Å². The van der Waals surface area contributed by atoms with Crippen molar-refractivity contribution in [2.75, 3.05) is 13.1 Å². The van der Waals surface area contributed by atoms with E-state index in [0.717, 1.165) is 0 Å². The number of carbonyl (C=O) groups excluding carboxylic acids is 1. The zero-order valence-corrected chi connectivity index (χ0v) is 11.6. The van der Waals surface area contributed by atoms with Crippen LogP contribution in [-0.4, -0.2) is 19.0 Å². The van der Waals surface area contributed by atoms with Crippen LogP contribution in [0.25, 0.3) is 10.4 Å². The number of carbonyl (C=O) groups is 1. The molecule has 8 heteroatoms. The minimum Gasteiger partial charge on any atom is -0.368 e. The molecule has 1 aromatic rings. The summed E-state index contributed by atoms with van der Waals surface area (Å²) in [5.41, 5.74) is 13.9. The lowest BCUT2D eigenvalue weighted by Crippen LogP contribution is -2.34. The fourth-order valence-electron chi connectivity index (χ4n) is 1.52. The van der Waals surface area contributed by atoms with Crippen LogP contribution in [0.5, 0.6) is 0 Å². The van der Waals surface area contributed by atoms with Gasteiger partial charge in [-0.25, -0.2) is 4.39 Å². The van der Waals surface area contributed by atoms with Crippen LogP contribution >= 0.6 is 15.9 Å². The number of hydrogen-bond donors (Lipinski definition) is 2. The van der Waals surface area contributed by atoms with Crippen LogP contribution in [0.3, 0.4) is 0 Å². The molecular formula is C11H13BrFN5O. The molecule has 0 heterocycles. The summed E-state index contributed by atoms with van der Waals surface area (Å²) in [6.07, 6.45) is 0.562. The van der Waals surface area contributed by atoms with Crippen LogP contribution in [0.4, 0.5) is 4.39 Å². The van der Waals surface area contributed by atoms with E-state index >= 15 is 0 Å². The molecule has 102 valence electrons. The van der Waals surface area contributed by atoms with Gasteiger partial charge in [-0.05, 0) is 52.1 Å². The van der Waals surface area contributed by atoms with Gasteiger partial charge in [-0.3, -0.25) is 4.79 Å². The largest absolute Gasteiger partial charge is 0.368 e. The van der Waals surface area contributed by atoms with E-state index in [9.17, 15) is 9.18 Å². The highest BCUT2D eigenvalue weighted by atomic mass is 79.9. The smallest absolute Gasteiger partial charge is 0.239 e. The minimum absolute atomic E-state index is 0.322. The quantitative estimate of drug-likeness (QED) is 0.347. The van der Waals surface area contributed by atoms with Crippen molar-refractivity contribution in [1.82, 2.24) is 5.32 Å². The molecular weight excluding hydrogens is 317 g/mol. The summed E-state index contributed by atoms with van der Waals surface area (Å²) in [5.74, 6) is -1.05. The van der Waals surface area contributed by atoms with Gasteiger partial charge in [0.25, 0.3) is 0 Å². The summed E-state index contributed by atoms with van der Waals surface area (Å²) in [7, 11) is 0. The van der Waals surface area contributed by atoms with Crippen molar-refractivity contribution < 1.29 is 9.18 Å². The van der Waals surface area contributed by atoms with Crippen molar-refractivity contribution in [2.24, 2.45) is 10.8 Å². The summed E-state index contributed by atoms with van der Waals surface area (Å²) in [5, 5.41) is 6.27. The van der Waals surface area contributed by atoms with Gasteiger partial charge in [-0.2, -0.15) is 0 Å². The predicted octanol–water partition coefficient (Wildman–Crippen LogP) is 2.40. The maximum Gasteiger partial charge on any atom is 0.239 e. The molecule has 0 spiro atoms. The average molecular weight is 330 g/mol. The van der Waals surface area contributed by atoms with E-state index in [-0.39, 0.29) is 0 Å². The lowest BCUT2D eigenvalue weighted by molar-refractivity contribution is -0.120. The molecule has 0 radical (unpaired) electrons. The lowest BCUT2D eigenvalue weighted by Gasteiger charge is -2.15. The third-order valence-electron chi connectivity index (χ3n) is 2.41. The molecule has 1 unspecified atom stereocenters. The number of nitrogens with two attached hydrogens (primary N) is 1. The Balaban J connectivity index is 2.69. The second kappa shape index (κ2) is 7.73. The van der Waals surface area contributed by atoms with Gasteiger partial charge < -0.3 is 11.1 Å². The third kappa shape index (κ3) is 4.86. The number of azide groups is 1. The van der Waals surface area contributed by atoms with E-state index in [0.29, 0.717) is 29.5 Å². The Bertz CT molecular complexity index is 504. The van der Waals surface area contributed by atoms with Gasteiger partial charge in [0.15, 0.2) is 0 Å². The molecule has 0 aliphatic rings. The van der Waals surface area contributed by atoms with E-state index in [1.165, 1.54) is 12.1 Å². The highest BCUT2D eigenvalue weighted by molar-refractivity contribution is 9.10. The van der Waals surface area contributed by atoms with Crippen molar-refractivity contribution in [3.8, 4) is 0 Å². The first kappa shape index (κ1) is 15.4. The average Bonchev–Trinajstić information content (AvgIpc) is 2.37. The Morgan fingerprint density at radius 1 is 1.63 bits per heavy atom. The fraction of sp³-hybridized carbons (Fsp3) is 0.364. The highest BCUT2D eigenvalue weighted by Crippen LogP contribution is 2.20. The van der Waals surface area contributed by atoms with Crippen molar-refractivity contribution in [3.05, 3.63) is 44.5 Å². The van der Waals surface area contributed by atoms with Crippen LogP contribution in [0, 0.1) is 5.82 Å². The Labute approximate surface area is 117 Å². The maximum absolute atomic E-state index is 13.4. The van der Waals surface area contributed by atoms with Gasteiger partial charge in [0.05, 0.1) is 4.47 Å². The third-order valence-corrected chi connectivity index (χ3v) is 3.05. The number of hydrogen-bond acceptors (Lipinski definition) is 3. The fourth-order valence-corrected chi connectivity index (χ4v) is 1.76. The number of rotatable bonds is 7. The Hall–Kier alpha value is -1.63. The van der Waals surface area contributed by atoms with Gasteiger partial charge in [-0.1, -0.05) is 11.2 Å². The summed E-state index contributed by atoms with van der Waals surface area (Å²) >= 11 is 3.04. The number of primary amides is 1. The topological polar surface area (TPSA) is 104 Å². The first-order chi connectivity index (χ1) is 9.06. The van der Waals surface area contributed by atoms with Crippen molar-refractivity contribution >= 4 is 21.8 Å². The molecule has 1 aromatic carbocycles. The van der Waals surface area contributed by atoms with E-state index in [2.05, 4.69) is 31.3 Å². The van der Waals surface area contributed by atoms with Gasteiger partial charge >= 0.3 is 0 Å². The summed E-state index contributed by atoms with van der Waals surface area (Å²) in [4.78, 5) is 14.0. The predicted molar refractivity (Wildman–Crippen MR) is 72.7 cm³/mol. The molecule has 0 fully saturated rings. The van der Waals surface area contributed by atoms with Crippen molar-refractivity contribution in [3.63, 3.8) is 0 Å². The molecule has 1 rings (SSSR count). The highest BCUT2D eigenvalue weighted by Gasteiger charge is 2.17. The number of benzene rings is 1. The number of nitrogens with one attached hydrogen (secondary N) is 1. The first-order valence-corrected chi connectivity index (χ1v) is 6.34. The molecule has 0 aromatic heterocycles. The molecule has 0 saturated carbocycles.